The van der Waals surface area contributed by atoms with E-state index in [1.807, 2.05) is 60.7 Å². The Bertz CT molecular complexity index is 762. The van der Waals surface area contributed by atoms with E-state index in [9.17, 15) is 18.4 Å². The first kappa shape index (κ1) is 25.7. The van der Waals surface area contributed by atoms with E-state index in [0.29, 0.717) is 12.8 Å². The standard InChI is InChI=1S/C22H25F2NO4.ClH/c23-22(24)29-15-19(25)20(26)13-18(12-11-16-7-3-1-4-8-16)21(27)28-14-17-9-5-2-6-10-17;/h1-10,18-19,22H,11-15,25H2;1H/t18-,19+;/m1./s1. The molecule has 0 saturated carbocycles. The molecule has 8 heteroatoms. The third-order valence-corrected chi connectivity index (χ3v) is 4.44. The van der Waals surface area contributed by atoms with Crippen LogP contribution in [0.5, 0.6) is 0 Å². The number of ether oxygens (including phenoxy) is 2. The molecule has 0 fully saturated rings. The maximum absolute atomic E-state index is 12.6. The van der Waals surface area contributed by atoms with Crippen molar-refractivity contribution in [2.75, 3.05) is 6.61 Å². The van der Waals surface area contributed by atoms with Crippen LogP contribution < -0.4 is 5.73 Å². The minimum atomic E-state index is -3.00. The molecule has 5 nitrogen and oxygen atoms in total. The van der Waals surface area contributed by atoms with Crippen molar-refractivity contribution >= 4 is 24.2 Å². The molecular formula is C22H26ClF2NO4. The topological polar surface area (TPSA) is 78.6 Å². The van der Waals surface area contributed by atoms with Gasteiger partial charge in [-0.05, 0) is 24.0 Å². The van der Waals surface area contributed by atoms with Gasteiger partial charge in [-0.25, -0.2) is 0 Å². The molecule has 0 bridgehead atoms. The first-order chi connectivity index (χ1) is 14.0. The highest BCUT2D eigenvalue weighted by Gasteiger charge is 2.26. The third-order valence-electron chi connectivity index (χ3n) is 4.44. The number of ketones is 1. The largest absolute Gasteiger partial charge is 0.461 e. The summed E-state index contributed by atoms with van der Waals surface area (Å²) in [7, 11) is 0. The molecule has 164 valence electrons. The van der Waals surface area contributed by atoms with Crippen LogP contribution in [0.3, 0.4) is 0 Å². The number of hydrogen-bond acceptors (Lipinski definition) is 5. The van der Waals surface area contributed by atoms with Gasteiger partial charge in [-0.15, -0.1) is 12.4 Å². The Morgan fingerprint density at radius 1 is 0.933 bits per heavy atom. The SMILES string of the molecule is Cl.N[C@@H](COC(F)F)C(=O)C[C@@H](CCc1ccccc1)C(=O)OCc1ccccc1. The number of carbonyl (C=O) groups excluding carboxylic acids is 2. The normalized spacial score (nSPS) is 12.7. The summed E-state index contributed by atoms with van der Waals surface area (Å²) in [4.78, 5) is 24.9. The van der Waals surface area contributed by atoms with Gasteiger partial charge in [0.2, 0.25) is 0 Å². The van der Waals surface area contributed by atoms with Gasteiger partial charge in [0.1, 0.15) is 6.61 Å². The molecule has 0 radical (unpaired) electrons. The van der Waals surface area contributed by atoms with Crippen molar-refractivity contribution in [1.82, 2.24) is 0 Å². The Kier molecular flexibility index (Phi) is 11.8. The summed E-state index contributed by atoms with van der Waals surface area (Å²) in [6.45, 7) is -3.50. The minimum Gasteiger partial charge on any atom is -0.461 e. The average Bonchev–Trinajstić information content (AvgIpc) is 2.74. The van der Waals surface area contributed by atoms with Crippen molar-refractivity contribution in [1.29, 1.82) is 0 Å². The van der Waals surface area contributed by atoms with Gasteiger partial charge in [0.25, 0.3) is 0 Å². The number of rotatable bonds is 12. The van der Waals surface area contributed by atoms with Crippen molar-refractivity contribution in [2.45, 2.75) is 38.5 Å². The van der Waals surface area contributed by atoms with Gasteiger partial charge in [-0.3, -0.25) is 9.59 Å². The molecule has 0 amide bonds. The Morgan fingerprint density at radius 3 is 2.07 bits per heavy atom. The minimum absolute atomic E-state index is 0. The fraction of sp³-hybridized carbons (Fsp3) is 0.364. The lowest BCUT2D eigenvalue weighted by molar-refractivity contribution is -0.153. The molecule has 0 aliphatic rings. The van der Waals surface area contributed by atoms with E-state index in [4.69, 9.17) is 10.5 Å². The second-order valence-electron chi connectivity index (χ2n) is 6.69. The summed E-state index contributed by atoms with van der Waals surface area (Å²) in [5.41, 5.74) is 7.48. The van der Waals surface area contributed by atoms with Crippen LogP contribution in [0.15, 0.2) is 60.7 Å². The van der Waals surface area contributed by atoms with Crippen LogP contribution in [0.1, 0.15) is 24.0 Å². The van der Waals surface area contributed by atoms with Gasteiger partial charge < -0.3 is 15.2 Å². The molecule has 2 aromatic rings. The highest BCUT2D eigenvalue weighted by Crippen LogP contribution is 2.18. The van der Waals surface area contributed by atoms with Crippen molar-refractivity contribution in [3.8, 4) is 0 Å². The maximum Gasteiger partial charge on any atom is 0.345 e. The fourth-order valence-electron chi connectivity index (χ4n) is 2.80. The Labute approximate surface area is 181 Å². The second-order valence-corrected chi connectivity index (χ2v) is 6.69. The van der Waals surface area contributed by atoms with E-state index in [1.165, 1.54) is 0 Å². The van der Waals surface area contributed by atoms with Gasteiger partial charge in [-0.1, -0.05) is 60.7 Å². The molecule has 0 aromatic heterocycles. The van der Waals surface area contributed by atoms with Gasteiger partial charge in [0, 0.05) is 6.42 Å². The summed E-state index contributed by atoms with van der Waals surface area (Å²) < 4.78 is 33.8. The van der Waals surface area contributed by atoms with Crippen molar-refractivity contribution in [3.63, 3.8) is 0 Å². The first-order valence-electron chi connectivity index (χ1n) is 9.38. The van der Waals surface area contributed by atoms with E-state index >= 15 is 0 Å². The van der Waals surface area contributed by atoms with E-state index in [2.05, 4.69) is 4.74 Å². The molecule has 0 saturated heterocycles. The second kappa shape index (κ2) is 13.8. The molecule has 0 heterocycles. The van der Waals surface area contributed by atoms with Crippen LogP contribution in [0.4, 0.5) is 8.78 Å². The zero-order chi connectivity index (χ0) is 21.1. The van der Waals surface area contributed by atoms with Gasteiger partial charge >= 0.3 is 12.6 Å². The van der Waals surface area contributed by atoms with Crippen LogP contribution in [0.25, 0.3) is 0 Å². The molecule has 0 unspecified atom stereocenters. The predicted octanol–water partition coefficient (Wildman–Crippen LogP) is 3.93. The number of esters is 1. The Hall–Kier alpha value is -2.35. The molecule has 0 aliphatic heterocycles. The zero-order valence-electron chi connectivity index (χ0n) is 16.4. The molecule has 30 heavy (non-hydrogen) atoms. The summed E-state index contributed by atoms with van der Waals surface area (Å²) in [5.74, 6) is -1.75. The number of aryl methyl sites for hydroxylation is 1. The number of nitrogens with two attached hydrogens (primary N) is 1. The van der Waals surface area contributed by atoms with Crippen LogP contribution in [0.2, 0.25) is 0 Å². The van der Waals surface area contributed by atoms with Crippen molar-refractivity contribution in [2.24, 2.45) is 11.7 Å². The number of hydrogen-bond donors (Lipinski definition) is 1. The summed E-state index contributed by atoms with van der Waals surface area (Å²) in [5, 5.41) is 0. The van der Waals surface area contributed by atoms with Crippen molar-refractivity contribution in [3.05, 3.63) is 71.8 Å². The van der Waals surface area contributed by atoms with Crippen LogP contribution in [-0.4, -0.2) is 31.0 Å². The highest BCUT2D eigenvalue weighted by molar-refractivity contribution is 5.88. The highest BCUT2D eigenvalue weighted by atomic mass is 35.5. The van der Waals surface area contributed by atoms with E-state index in [0.717, 1.165) is 11.1 Å². The fourth-order valence-corrected chi connectivity index (χ4v) is 2.80. The number of benzene rings is 2. The van der Waals surface area contributed by atoms with Crippen LogP contribution in [0, 0.1) is 5.92 Å². The molecule has 0 aliphatic carbocycles. The number of carbonyl (C=O) groups is 2. The number of Topliss-reactive ketones (excluding diaryl/α,β-unsaturated/α-hetero) is 1. The Morgan fingerprint density at radius 2 is 1.50 bits per heavy atom. The Balaban J connectivity index is 0.00000450. The lowest BCUT2D eigenvalue weighted by atomic mass is 9.92. The predicted molar refractivity (Wildman–Crippen MR) is 111 cm³/mol. The van der Waals surface area contributed by atoms with E-state index in [1.54, 1.807) is 0 Å². The van der Waals surface area contributed by atoms with Gasteiger partial charge in [0.05, 0.1) is 18.6 Å². The third kappa shape index (κ3) is 9.43. The van der Waals surface area contributed by atoms with Crippen molar-refractivity contribution < 1.29 is 27.8 Å². The van der Waals surface area contributed by atoms with E-state index < -0.39 is 36.9 Å². The lowest BCUT2D eigenvalue weighted by Crippen LogP contribution is -2.38. The molecule has 2 atom stereocenters. The van der Waals surface area contributed by atoms with Crippen LogP contribution in [-0.2, 0) is 32.1 Å². The molecule has 0 spiro atoms. The quantitative estimate of drug-likeness (QED) is 0.505. The molecule has 2 N–H and O–H groups in total. The summed E-state index contributed by atoms with van der Waals surface area (Å²) in [6, 6.07) is 17.5. The maximum atomic E-state index is 12.6. The number of alkyl halides is 2. The first-order valence-corrected chi connectivity index (χ1v) is 9.38. The molecular weight excluding hydrogens is 416 g/mol. The molecule has 2 aromatic carbocycles. The monoisotopic (exact) mass is 441 g/mol. The zero-order valence-corrected chi connectivity index (χ0v) is 17.2. The lowest BCUT2D eigenvalue weighted by Gasteiger charge is -2.18. The average molecular weight is 442 g/mol. The number of halogens is 3. The van der Waals surface area contributed by atoms with Gasteiger partial charge in [-0.2, -0.15) is 8.78 Å². The summed E-state index contributed by atoms with van der Waals surface area (Å²) in [6.07, 6.45) is 0.766. The summed E-state index contributed by atoms with van der Waals surface area (Å²) >= 11 is 0. The molecule has 2 rings (SSSR count). The smallest absolute Gasteiger partial charge is 0.345 e. The van der Waals surface area contributed by atoms with E-state index in [-0.39, 0.29) is 25.4 Å². The van der Waals surface area contributed by atoms with Crippen LogP contribution >= 0.6 is 12.4 Å². The van der Waals surface area contributed by atoms with Gasteiger partial charge in [0.15, 0.2) is 5.78 Å².